The molecule has 0 radical (unpaired) electrons. The van der Waals surface area contributed by atoms with Crippen LogP contribution in [0.2, 0.25) is 0 Å². The fourth-order valence-corrected chi connectivity index (χ4v) is 2.99. The molecule has 9 heteroatoms. The van der Waals surface area contributed by atoms with Crippen molar-refractivity contribution in [3.05, 3.63) is 74.8 Å². The molecule has 0 spiro atoms. The van der Waals surface area contributed by atoms with Gasteiger partial charge in [0.05, 0.1) is 16.1 Å². The van der Waals surface area contributed by atoms with E-state index >= 15 is 0 Å². The second-order valence-corrected chi connectivity index (χ2v) is 6.49. The molecule has 3 rings (SSSR count). The molecule has 0 N–H and O–H groups in total. The maximum Gasteiger partial charge on any atom is 0.329 e. The predicted octanol–water partition coefficient (Wildman–Crippen LogP) is 2.31. The minimum Gasteiger partial charge on any atom is -0.456 e. The summed E-state index contributed by atoms with van der Waals surface area (Å²) in [5, 5.41) is 11.0. The van der Waals surface area contributed by atoms with E-state index in [0.29, 0.717) is 5.56 Å². The lowest BCUT2D eigenvalue weighted by Crippen LogP contribution is -2.44. The molecular weight excluding hydrogens is 380 g/mol. The number of hydrogen-bond acceptors (Lipinski definition) is 7. The molecule has 0 bridgehead atoms. The van der Waals surface area contributed by atoms with E-state index in [4.69, 9.17) is 4.74 Å². The van der Waals surface area contributed by atoms with Crippen LogP contribution in [0.5, 0.6) is 0 Å². The van der Waals surface area contributed by atoms with Crippen LogP contribution in [0.15, 0.2) is 42.5 Å². The Morgan fingerprint density at radius 2 is 1.69 bits per heavy atom. The third-order valence-electron chi connectivity index (χ3n) is 4.63. The van der Waals surface area contributed by atoms with Crippen LogP contribution in [0.1, 0.15) is 43.6 Å². The SMILES string of the molecule is Cc1ccc(C(=O)COC(=O)C(C)N2C(=O)c3ccccc3C2=O)cc1[N+](=O)[O-]. The molecule has 148 valence electrons. The Hall–Kier alpha value is -3.88. The molecule has 0 fully saturated rings. The minimum absolute atomic E-state index is 0.0171. The highest BCUT2D eigenvalue weighted by Gasteiger charge is 2.41. The van der Waals surface area contributed by atoms with Crippen LogP contribution < -0.4 is 0 Å². The van der Waals surface area contributed by atoms with Gasteiger partial charge < -0.3 is 4.74 Å². The summed E-state index contributed by atoms with van der Waals surface area (Å²) in [4.78, 5) is 60.5. The van der Waals surface area contributed by atoms with Crippen molar-refractivity contribution in [2.24, 2.45) is 0 Å². The molecule has 9 nitrogen and oxygen atoms in total. The van der Waals surface area contributed by atoms with Crippen molar-refractivity contribution < 1.29 is 28.8 Å². The number of carbonyl (C=O) groups is 4. The van der Waals surface area contributed by atoms with Crippen LogP contribution >= 0.6 is 0 Å². The Kier molecular flexibility index (Phi) is 5.22. The second kappa shape index (κ2) is 7.63. The van der Waals surface area contributed by atoms with E-state index in [-0.39, 0.29) is 22.4 Å². The summed E-state index contributed by atoms with van der Waals surface area (Å²) >= 11 is 0. The third kappa shape index (κ3) is 3.62. The van der Waals surface area contributed by atoms with E-state index in [1.54, 1.807) is 12.1 Å². The van der Waals surface area contributed by atoms with Gasteiger partial charge >= 0.3 is 5.97 Å². The van der Waals surface area contributed by atoms with E-state index in [2.05, 4.69) is 0 Å². The number of fused-ring (bicyclic) bond motifs is 1. The average molecular weight is 396 g/mol. The standard InChI is InChI=1S/C20H16N2O7/c1-11-7-8-13(9-16(11)22(27)28)17(23)10-29-20(26)12(2)21-18(24)14-5-3-4-6-15(14)19(21)25/h3-9,12H,10H2,1-2H3. The van der Waals surface area contributed by atoms with Crippen LogP contribution in [0.3, 0.4) is 0 Å². The number of ether oxygens (including phenoxy) is 1. The highest BCUT2D eigenvalue weighted by atomic mass is 16.6. The number of imide groups is 1. The number of nitro groups is 1. The van der Waals surface area contributed by atoms with E-state index in [1.165, 1.54) is 38.1 Å². The molecule has 2 aromatic rings. The van der Waals surface area contributed by atoms with Crippen molar-refractivity contribution in [3.63, 3.8) is 0 Å². The number of nitro benzene ring substituents is 1. The number of esters is 1. The van der Waals surface area contributed by atoms with Gasteiger partial charge in [-0.1, -0.05) is 24.3 Å². The monoisotopic (exact) mass is 396 g/mol. The largest absolute Gasteiger partial charge is 0.456 e. The van der Waals surface area contributed by atoms with Crippen LogP contribution in [-0.2, 0) is 9.53 Å². The van der Waals surface area contributed by atoms with Gasteiger partial charge in [-0.05, 0) is 26.0 Å². The summed E-state index contributed by atoms with van der Waals surface area (Å²) in [7, 11) is 0. The first kappa shape index (κ1) is 19.9. The highest BCUT2D eigenvalue weighted by Crippen LogP contribution is 2.25. The van der Waals surface area contributed by atoms with Crippen LogP contribution in [0.4, 0.5) is 5.69 Å². The zero-order valence-corrected chi connectivity index (χ0v) is 15.6. The van der Waals surface area contributed by atoms with Gasteiger partial charge in [-0.3, -0.25) is 29.4 Å². The van der Waals surface area contributed by atoms with E-state index in [9.17, 15) is 29.3 Å². The van der Waals surface area contributed by atoms with Gasteiger partial charge in [0.1, 0.15) is 6.04 Å². The van der Waals surface area contributed by atoms with Gasteiger partial charge in [-0.15, -0.1) is 0 Å². The van der Waals surface area contributed by atoms with Gasteiger partial charge in [-0.25, -0.2) is 4.79 Å². The summed E-state index contributed by atoms with van der Waals surface area (Å²) in [6, 6.07) is 8.89. The molecule has 1 aliphatic rings. The zero-order chi connectivity index (χ0) is 21.3. The van der Waals surface area contributed by atoms with Crippen molar-refractivity contribution in [2.75, 3.05) is 6.61 Å². The van der Waals surface area contributed by atoms with Gasteiger partial charge in [0.2, 0.25) is 5.78 Å². The summed E-state index contributed by atoms with van der Waals surface area (Å²) in [6.45, 7) is 2.19. The summed E-state index contributed by atoms with van der Waals surface area (Å²) in [5.74, 6) is -2.81. The number of hydrogen-bond donors (Lipinski definition) is 0. The normalized spacial score (nSPS) is 13.8. The zero-order valence-electron chi connectivity index (χ0n) is 15.6. The van der Waals surface area contributed by atoms with Crippen molar-refractivity contribution >= 4 is 29.3 Å². The van der Waals surface area contributed by atoms with Crippen molar-refractivity contribution in [1.82, 2.24) is 4.90 Å². The summed E-state index contributed by atoms with van der Waals surface area (Å²) < 4.78 is 4.95. The fraction of sp³-hybridized carbons (Fsp3) is 0.200. The lowest BCUT2D eigenvalue weighted by molar-refractivity contribution is -0.385. The fourth-order valence-electron chi connectivity index (χ4n) is 2.99. The number of ketones is 1. The van der Waals surface area contributed by atoms with E-state index < -0.39 is 41.1 Å². The molecule has 0 aromatic heterocycles. The number of aryl methyl sites for hydroxylation is 1. The molecule has 1 heterocycles. The van der Waals surface area contributed by atoms with E-state index in [0.717, 1.165) is 11.0 Å². The number of rotatable bonds is 6. The van der Waals surface area contributed by atoms with Crippen LogP contribution in [-0.4, -0.2) is 46.0 Å². The molecule has 1 aliphatic heterocycles. The molecule has 0 saturated carbocycles. The molecule has 2 amide bonds. The lowest BCUT2D eigenvalue weighted by Gasteiger charge is -2.20. The number of benzene rings is 2. The number of nitrogens with zero attached hydrogens (tertiary/aromatic N) is 2. The first-order chi connectivity index (χ1) is 13.7. The van der Waals surface area contributed by atoms with Gasteiger partial charge in [0.25, 0.3) is 17.5 Å². The number of Topliss-reactive ketones (excluding diaryl/α,β-unsaturated/α-hetero) is 1. The van der Waals surface area contributed by atoms with Crippen molar-refractivity contribution in [2.45, 2.75) is 19.9 Å². The number of amides is 2. The predicted molar refractivity (Wildman–Crippen MR) is 99.5 cm³/mol. The summed E-state index contributed by atoms with van der Waals surface area (Å²) in [6.07, 6.45) is 0. The molecule has 0 aliphatic carbocycles. The molecular formula is C20H16N2O7. The van der Waals surface area contributed by atoms with Crippen LogP contribution in [0, 0.1) is 17.0 Å². The molecule has 2 aromatic carbocycles. The topological polar surface area (TPSA) is 124 Å². The van der Waals surface area contributed by atoms with Gasteiger partial charge in [0, 0.05) is 17.2 Å². The average Bonchev–Trinajstić information content (AvgIpc) is 2.96. The minimum atomic E-state index is -1.23. The number of carbonyl (C=O) groups excluding carboxylic acids is 4. The Bertz CT molecular complexity index is 1030. The molecule has 1 unspecified atom stereocenters. The Morgan fingerprint density at radius 1 is 1.10 bits per heavy atom. The molecule has 1 atom stereocenters. The smallest absolute Gasteiger partial charge is 0.329 e. The maximum absolute atomic E-state index is 12.4. The van der Waals surface area contributed by atoms with Gasteiger partial charge in [0.15, 0.2) is 6.61 Å². The summed E-state index contributed by atoms with van der Waals surface area (Å²) in [5.41, 5.74) is 0.577. The Balaban J connectivity index is 1.68. The first-order valence-electron chi connectivity index (χ1n) is 8.64. The molecule has 29 heavy (non-hydrogen) atoms. The van der Waals surface area contributed by atoms with Crippen LogP contribution in [0.25, 0.3) is 0 Å². The maximum atomic E-state index is 12.4. The first-order valence-corrected chi connectivity index (χ1v) is 8.64. The highest BCUT2D eigenvalue weighted by molar-refractivity contribution is 6.22. The van der Waals surface area contributed by atoms with Crippen molar-refractivity contribution in [1.29, 1.82) is 0 Å². The lowest BCUT2D eigenvalue weighted by atomic mass is 10.1. The van der Waals surface area contributed by atoms with Crippen molar-refractivity contribution in [3.8, 4) is 0 Å². The van der Waals surface area contributed by atoms with Gasteiger partial charge in [-0.2, -0.15) is 0 Å². The molecule has 0 saturated heterocycles. The Morgan fingerprint density at radius 3 is 2.24 bits per heavy atom. The quantitative estimate of drug-likeness (QED) is 0.241. The Labute approximate surface area is 165 Å². The van der Waals surface area contributed by atoms with E-state index in [1.807, 2.05) is 0 Å². The third-order valence-corrected chi connectivity index (χ3v) is 4.63. The second-order valence-electron chi connectivity index (χ2n) is 6.49.